The third-order valence-corrected chi connectivity index (χ3v) is 2.72. The molecule has 0 saturated carbocycles. The lowest BCUT2D eigenvalue weighted by Gasteiger charge is -2.25. The summed E-state index contributed by atoms with van der Waals surface area (Å²) in [7, 11) is 0. The van der Waals surface area contributed by atoms with E-state index in [2.05, 4.69) is 0 Å². The van der Waals surface area contributed by atoms with Crippen molar-refractivity contribution in [2.45, 2.75) is 39.7 Å². The molecule has 0 spiro atoms. The Morgan fingerprint density at radius 2 is 1.88 bits per heavy atom. The summed E-state index contributed by atoms with van der Waals surface area (Å²) in [5, 5.41) is 9.79. The Balaban J connectivity index is 2.65. The molecule has 0 heterocycles. The SMILES string of the molecule is CC(C)(C)C(O)CCc1cccc(F)c1F. The van der Waals surface area contributed by atoms with Gasteiger partial charge in [0.15, 0.2) is 11.6 Å². The number of hydrogen-bond donors (Lipinski definition) is 1. The van der Waals surface area contributed by atoms with Gasteiger partial charge in [0.05, 0.1) is 6.10 Å². The van der Waals surface area contributed by atoms with Gasteiger partial charge in [-0.05, 0) is 29.9 Å². The van der Waals surface area contributed by atoms with Gasteiger partial charge in [0.2, 0.25) is 0 Å². The van der Waals surface area contributed by atoms with Crippen LogP contribution in [0.4, 0.5) is 8.78 Å². The van der Waals surface area contributed by atoms with E-state index in [0.717, 1.165) is 6.07 Å². The summed E-state index contributed by atoms with van der Waals surface area (Å²) in [6.07, 6.45) is 0.265. The van der Waals surface area contributed by atoms with Gasteiger partial charge in [-0.25, -0.2) is 8.78 Å². The number of hydrogen-bond acceptors (Lipinski definition) is 1. The van der Waals surface area contributed by atoms with Crippen LogP contribution in [-0.2, 0) is 6.42 Å². The van der Waals surface area contributed by atoms with Crippen molar-refractivity contribution in [1.82, 2.24) is 0 Å². The number of aliphatic hydroxyl groups is 1. The first-order valence-electron chi connectivity index (χ1n) is 5.43. The van der Waals surface area contributed by atoms with Crippen LogP contribution in [0.1, 0.15) is 32.8 Å². The molecule has 0 amide bonds. The minimum Gasteiger partial charge on any atom is -0.393 e. The predicted molar refractivity (Wildman–Crippen MR) is 60.1 cm³/mol. The summed E-state index contributed by atoms with van der Waals surface area (Å²) in [6, 6.07) is 4.13. The van der Waals surface area contributed by atoms with Crippen LogP contribution in [0.25, 0.3) is 0 Å². The van der Waals surface area contributed by atoms with E-state index in [4.69, 9.17) is 0 Å². The topological polar surface area (TPSA) is 20.2 Å². The van der Waals surface area contributed by atoms with Gasteiger partial charge in [-0.2, -0.15) is 0 Å². The molecule has 1 atom stereocenters. The van der Waals surface area contributed by atoms with Crippen LogP contribution in [0.3, 0.4) is 0 Å². The number of halogens is 2. The maximum Gasteiger partial charge on any atom is 0.162 e. The van der Waals surface area contributed by atoms with Crippen molar-refractivity contribution in [3.63, 3.8) is 0 Å². The lowest BCUT2D eigenvalue weighted by Crippen LogP contribution is -2.26. The van der Waals surface area contributed by atoms with E-state index in [1.54, 1.807) is 6.07 Å². The molecule has 0 aliphatic rings. The Morgan fingerprint density at radius 1 is 1.25 bits per heavy atom. The summed E-state index contributed by atoms with van der Waals surface area (Å²) < 4.78 is 26.2. The van der Waals surface area contributed by atoms with E-state index < -0.39 is 17.7 Å². The molecular formula is C13H18F2O. The van der Waals surface area contributed by atoms with E-state index in [-0.39, 0.29) is 5.41 Å². The van der Waals surface area contributed by atoms with Crippen molar-refractivity contribution < 1.29 is 13.9 Å². The zero-order chi connectivity index (χ0) is 12.3. The molecule has 16 heavy (non-hydrogen) atoms. The molecule has 3 heteroatoms. The number of aryl methyl sites for hydroxylation is 1. The molecule has 1 aromatic carbocycles. The van der Waals surface area contributed by atoms with Crippen LogP contribution < -0.4 is 0 Å². The fraction of sp³-hybridized carbons (Fsp3) is 0.538. The van der Waals surface area contributed by atoms with E-state index in [1.807, 2.05) is 20.8 Å². The second kappa shape index (κ2) is 4.91. The van der Waals surface area contributed by atoms with Gasteiger partial charge in [0.1, 0.15) is 0 Å². The maximum atomic E-state index is 13.3. The number of aliphatic hydroxyl groups excluding tert-OH is 1. The van der Waals surface area contributed by atoms with Gasteiger partial charge in [-0.3, -0.25) is 0 Å². The van der Waals surface area contributed by atoms with E-state index in [0.29, 0.717) is 18.4 Å². The van der Waals surface area contributed by atoms with Crippen molar-refractivity contribution in [3.05, 3.63) is 35.4 Å². The summed E-state index contributed by atoms with van der Waals surface area (Å²) in [6.45, 7) is 5.75. The molecule has 1 N–H and O–H groups in total. The van der Waals surface area contributed by atoms with Crippen LogP contribution in [0.15, 0.2) is 18.2 Å². The molecule has 0 saturated heterocycles. The monoisotopic (exact) mass is 228 g/mol. The van der Waals surface area contributed by atoms with E-state index >= 15 is 0 Å². The van der Waals surface area contributed by atoms with Gasteiger partial charge in [-0.15, -0.1) is 0 Å². The largest absolute Gasteiger partial charge is 0.393 e. The molecule has 0 bridgehead atoms. The molecule has 90 valence electrons. The highest BCUT2D eigenvalue weighted by molar-refractivity contribution is 5.19. The zero-order valence-corrected chi connectivity index (χ0v) is 9.93. The van der Waals surface area contributed by atoms with Crippen molar-refractivity contribution >= 4 is 0 Å². The van der Waals surface area contributed by atoms with Gasteiger partial charge in [0, 0.05) is 0 Å². The molecule has 1 unspecified atom stereocenters. The minimum atomic E-state index is -0.831. The molecule has 0 fully saturated rings. The molecule has 0 radical (unpaired) electrons. The second-order valence-corrected chi connectivity index (χ2v) is 5.13. The predicted octanol–water partition coefficient (Wildman–Crippen LogP) is 3.30. The third kappa shape index (κ3) is 3.27. The maximum absolute atomic E-state index is 13.3. The Hall–Kier alpha value is -0.960. The van der Waals surface area contributed by atoms with Gasteiger partial charge < -0.3 is 5.11 Å². The summed E-state index contributed by atoms with van der Waals surface area (Å²) >= 11 is 0. The first-order valence-corrected chi connectivity index (χ1v) is 5.43. The van der Waals surface area contributed by atoms with Crippen molar-refractivity contribution in [2.24, 2.45) is 5.41 Å². The van der Waals surface area contributed by atoms with Crippen LogP contribution in [0.2, 0.25) is 0 Å². The van der Waals surface area contributed by atoms with Crippen LogP contribution in [-0.4, -0.2) is 11.2 Å². The Labute approximate surface area is 95.1 Å². The summed E-state index contributed by atoms with van der Waals surface area (Å²) in [5.41, 5.74) is 0.0902. The lowest BCUT2D eigenvalue weighted by atomic mass is 9.86. The fourth-order valence-corrected chi connectivity index (χ4v) is 1.47. The molecule has 0 aliphatic heterocycles. The zero-order valence-electron chi connectivity index (χ0n) is 9.93. The molecule has 1 nitrogen and oxygen atoms in total. The first-order chi connectivity index (χ1) is 7.32. The van der Waals surface area contributed by atoms with Gasteiger partial charge >= 0.3 is 0 Å². The molecule has 1 rings (SSSR count). The lowest BCUT2D eigenvalue weighted by molar-refractivity contribution is 0.0558. The second-order valence-electron chi connectivity index (χ2n) is 5.13. The quantitative estimate of drug-likeness (QED) is 0.841. The van der Waals surface area contributed by atoms with Crippen molar-refractivity contribution in [2.75, 3.05) is 0 Å². The molecule has 0 aliphatic carbocycles. The Morgan fingerprint density at radius 3 is 2.44 bits per heavy atom. The standard InChI is InChI=1S/C13H18F2O/c1-13(2,3)11(16)8-7-9-5-4-6-10(14)12(9)15/h4-6,11,16H,7-8H2,1-3H3. The van der Waals surface area contributed by atoms with Crippen LogP contribution in [0, 0.1) is 17.0 Å². The highest BCUT2D eigenvalue weighted by atomic mass is 19.2. The average Bonchev–Trinajstić information content (AvgIpc) is 2.18. The van der Waals surface area contributed by atoms with Crippen LogP contribution >= 0.6 is 0 Å². The third-order valence-electron chi connectivity index (χ3n) is 2.72. The van der Waals surface area contributed by atoms with Crippen molar-refractivity contribution in [1.29, 1.82) is 0 Å². The smallest absolute Gasteiger partial charge is 0.162 e. The molecule has 0 aromatic heterocycles. The highest BCUT2D eigenvalue weighted by Gasteiger charge is 2.22. The Kier molecular flexibility index (Phi) is 4.03. The minimum absolute atomic E-state index is 0.232. The van der Waals surface area contributed by atoms with E-state index in [1.165, 1.54) is 6.07 Å². The van der Waals surface area contributed by atoms with Gasteiger partial charge in [-0.1, -0.05) is 32.9 Å². The fourth-order valence-electron chi connectivity index (χ4n) is 1.47. The summed E-state index contributed by atoms with van der Waals surface area (Å²) in [4.78, 5) is 0. The van der Waals surface area contributed by atoms with Gasteiger partial charge in [0.25, 0.3) is 0 Å². The number of benzene rings is 1. The normalized spacial score (nSPS) is 13.9. The number of rotatable bonds is 3. The average molecular weight is 228 g/mol. The summed E-state index contributed by atoms with van der Waals surface area (Å²) in [5.74, 6) is -1.63. The van der Waals surface area contributed by atoms with E-state index in [9.17, 15) is 13.9 Å². The Bertz CT molecular complexity index is 355. The highest BCUT2D eigenvalue weighted by Crippen LogP contribution is 2.23. The molecular weight excluding hydrogens is 210 g/mol. The van der Waals surface area contributed by atoms with Crippen molar-refractivity contribution in [3.8, 4) is 0 Å². The van der Waals surface area contributed by atoms with Crippen LogP contribution in [0.5, 0.6) is 0 Å². The first kappa shape index (κ1) is 13.1. The molecule has 1 aromatic rings.